The highest BCUT2D eigenvalue weighted by atomic mass is 16.6. The van der Waals surface area contributed by atoms with Gasteiger partial charge in [0.2, 0.25) is 0 Å². The summed E-state index contributed by atoms with van der Waals surface area (Å²) in [5, 5.41) is 0. The highest BCUT2D eigenvalue weighted by Crippen LogP contribution is 2.19. The van der Waals surface area contributed by atoms with Crippen molar-refractivity contribution in [3.05, 3.63) is 12.4 Å². The highest BCUT2D eigenvalue weighted by Gasteiger charge is 2.26. The minimum atomic E-state index is -0.469. The number of carbonyl (C=O) groups is 1. The van der Waals surface area contributed by atoms with Gasteiger partial charge in [-0.25, -0.2) is 14.8 Å². The van der Waals surface area contributed by atoms with E-state index in [1.54, 1.807) is 17.3 Å². The first kappa shape index (κ1) is 14.4. The van der Waals surface area contributed by atoms with E-state index in [1.165, 1.54) is 0 Å². The van der Waals surface area contributed by atoms with Crippen LogP contribution in [-0.4, -0.2) is 52.7 Å². The van der Waals surface area contributed by atoms with Gasteiger partial charge >= 0.3 is 6.09 Å². The van der Waals surface area contributed by atoms with Gasteiger partial charge in [0.25, 0.3) is 0 Å². The van der Waals surface area contributed by atoms with Gasteiger partial charge < -0.3 is 20.3 Å². The maximum atomic E-state index is 12.0. The van der Waals surface area contributed by atoms with Crippen LogP contribution < -0.4 is 10.6 Å². The van der Waals surface area contributed by atoms with Crippen molar-refractivity contribution in [3.8, 4) is 0 Å². The van der Waals surface area contributed by atoms with Crippen molar-refractivity contribution in [3.63, 3.8) is 0 Å². The van der Waals surface area contributed by atoms with Crippen LogP contribution in [0.1, 0.15) is 20.8 Å². The standard InChI is InChI=1S/C13H21N5O2/c1-13(2,3)20-12(19)18-8-6-17(7-9-18)11-10(14)15-4-5-16-11/h4-5H,6-9H2,1-3H3,(H2,14,15). The molecule has 1 aliphatic rings. The van der Waals surface area contributed by atoms with Crippen LogP contribution in [0.25, 0.3) is 0 Å². The van der Waals surface area contributed by atoms with Crippen molar-refractivity contribution >= 4 is 17.7 Å². The Morgan fingerprint density at radius 2 is 1.80 bits per heavy atom. The first-order valence-electron chi connectivity index (χ1n) is 6.66. The normalized spacial score (nSPS) is 16.1. The second kappa shape index (κ2) is 5.52. The van der Waals surface area contributed by atoms with E-state index in [9.17, 15) is 4.79 Å². The van der Waals surface area contributed by atoms with Crippen LogP contribution >= 0.6 is 0 Å². The average molecular weight is 279 g/mol. The summed E-state index contributed by atoms with van der Waals surface area (Å²) in [4.78, 5) is 24.0. The van der Waals surface area contributed by atoms with Crippen molar-refractivity contribution in [2.75, 3.05) is 36.8 Å². The molecular formula is C13H21N5O2. The fourth-order valence-electron chi connectivity index (χ4n) is 2.01. The summed E-state index contributed by atoms with van der Waals surface area (Å²) in [6, 6.07) is 0. The number of anilines is 2. The monoisotopic (exact) mass is 279 g/mol. The number of amides is 1. The number of nitrogens with zero attached hydrogens (tertiary/aromatic N) is 4. The predicted molar refractivity (Wildman–Crippen MR) is 76.5 cm³/mol. The Labute approximate surface area is 118 Å². The second-order valence-corrected chi connectivity index (χ2v) is 5.72. The van der Waals surface area contributed by atoms with Crippen LogP contribution in [0.4, 0.5) is 16.4 Å². The van der Waals surface area contributed by atoms with E-state index < -0.39 is 5.60 Å². The Balaban J connectivity index is 1.93. The third-order valence-corrected chi connectivity index (χ3v) is 2.94. The van der Waals surface area contributed by atoms with E-state index in [2.05, 4.69) is 9.97 Å². The largest absolute Gasteiger partial charge is 0.444 e. The van der Waals surface area contributed by atoms with E-state index in [1.807, 2.05) is 25.7 Å². The molecule has 0 atom stereocenters. The molecule has 0 spiro atoms. The molecule has 7 nitrogen and oxygen atoms in total. The van der Waals surface area contributed by atoms with Gasteiger partial charge in [0.05, 0.1) is 0 Å². The number of piperazine rings is 1. The summed E-state index contributed by atoms with van der Waals surface area (Å²) in [5.41, 5.74) is 5.34. The van der Waals surface area contributed by atoms with Gasteiger partial charge in [0, 0.05) is 38.6 Å². The molecule has 7 heteroatoms. The number of ether oxygens (including phenoxy) is 1. The van der Waals surface area contributed by atoms with E-state index in [-0.39, 0.29) is 6.09 Å². The Morgan fingerprint density at radius 3 is 2.35 bits per heavy atom. The minimum absolute atomic E-state index is 0.274. The summed E-state index contributed by atoms with van der Waals surface area (Å²) in [6.45, 7) is 8.10. The molecule has 2 N–H and O–H groups in total. The van der Waals surface area contributed by atoms with Crippen LogP contribution in [0, 0.1) is 0 Å². The molecule has 0 bridgehead atoms. The third-order valence-electron chi connectivity index (χ3n) is 2.94. The minimum Gasteiger partial charge on any atom is -0.444 e. The second-order valence-electron chi connectivity index (χ2n) is 5.72. The maximum Gasteiger partial charge on any atom is 0.410 e. The molecule has 1 saturated heterocycles. The van der Waals surface area contributed by atoms with Crippen molar-refractivity contribution < 1.29 is 9.53 Å². The van der Waals surface area contributed by atoms with Crippen molar-refractivity contribution in [2.45, 2.75) is 26.4 Å². The Kier molecular flexibility index (Phi) is 3.96. The fraction of sp³-hybridized carbons (Fsp3) is 0.615. The lowest BCUT2D eigenvalue weighted by Gasteiger charge is -2.36. The van der Waals surface area contributed by atoms with Crippen molar-refractivity contribution in [1.82, 2.24) is 14.9 Å². The van der Waals surface area contributed by atoms with Gasteiger partial charge in [0.15, 0.2) is 11.6 Å². The lowest BCUT2D eigenvalue weighted by molar-refractivity contribution is 0.0240. The number of nitrogen functional groups attached to an aromatic ring is 1. The Hall–Kier alpha value is -2.05. The molecule has 0 radical (unpaired) electrons. The van der Waals surface area contributed by atoms with Crippen LogP contribution in [0.15, 0.2) is 12.4 Å². The molecule has 0 aromatic carbocycles. The summed E-state index contributed by atoms with van der Waals surface area (Å²) >= 11 is 0. The summed E-state index contributed by atoms with van der Waals surface area (Å²) in [5.74, 6) is 1.09. The summed E-state index contributed by atoms with van der Waals surface area (Å²) in [6.07, 6.45) is 2.91. The number of hydrogen-bond donors (Lipinski definition) is 1. The van der Waals surface area contributed by atoms with E-state index >= 15 is 0 Å². The fourth-order valence-corrected chi connectivity index (χ4v) is 2.01. The number of carbonyl (C=O) groups excluding carboxylic acids is 1. The van der Waals surface area contributed by atoms with Gasteiger partial charge in [-0.3, -0.25) is 0 Å². The smallest absolute Gasteiger partial charge is 0.410 e. The lowest BCUT2D eigenvalue weighted by Crippen LogP contribution is -2.50. The summed E-state index contributed by atoms with van der Waals surface area (Å²) < 4.78 is 5.36. The molecule has 2 rings (SSSR count). The first-order chi connectivity index (χ1) is 9.37. The highest BCUT2D eigenvalue weighted by molar-refractivity contribution is 5.69. The molecule has 2 heterocycles. The number of hydrogen-bond acceptors (Lipinski definition) is 6. The molecule has 1 aromatic heterocycles. The summed E-state index contributed by atoms with van der Waals surface area (Å²) in [7, 11) is 0. The van der Waals surface area contributed by atoms with Crippen molar-refractivity contribution in [1.29, 1.82) is 0 Å². The molecule has 20 heavy (non-hydrogen) atoms. The average Bonchev–Trinajstić information content (AvgIpc) is 2.37. The Bertz CT molecular complexity index is 478. The quantitative estimate of drug-likeness (QED) is 0.829. The van der Waals surface area contributed by atoms with E-state index in [0.717, 1.165) is 0 Å². The van der Waals surface area contributed by atoms with Crippen molar-refractivity contribution in [2.24, 2.45) is 0 Å². The zero-order chi connectivity index (χ0) is 14.8. The Morgan fingerprint density at radius 1 is 1.20 bits per heavy atom. The topological polar surface area (TPSA) is 84.6 Å². The first-order valence-corrected chi connectivity index (χ1v) is 6.66. The molecule has 1 aliphatic heterocycles. The third kappa shape index (κ3) is 3.49. The maximum absolute atomic E-state index is 12.0. The van der Waals surface area contributed by atoms with Gasteiger partial charge in [-0.2, -0.15) is 0 Å². The van der Waals surface area contributed by atoms with Crippen LogP contribution in [-0.2, 0) is 4.74 Å². The van der Waals surface area contributed by atoms with Crippen LogP contribution in [0.3, 0.4) is 0 Å². The SMILES string of the molecule is CC(C)(C)OC(=O)N1CCN(c2nccnc2N)CC1. The lowest BCUT2D eigenvalue weighted by atomic mass is 10.2. The molecule has 1 fully saturated rings. The number of aromatic nitrogens is 2. The van der Waals surface area contributed by atoms with Crippen LogP contribution in [0.5, 0.6) is 0 Å². The molecule has 110 valence electrons. The predicted octanol–water partition coefficient (Wildman–Crippen LogP) is 1.12. The van der Waals surface area contributed by atoms with Gasteiger partial charge in [-0.05, 0) is 20.8 Å². The van der Waals surface area contributed by atoms with Gasteiger partial charge in [0.1, 0.15) is 5.60 Å². The van der Waals surface area contributed by atoms with Gasteiger partial charge in [-0.1, -0.05) is 0 Å². The molecule has 0 unspecified atom stereocenters. The molecule has 1 aromatic rings. The molecule has 1 amide bonds. The molecular weight excluding hydrogens is 258 g/mol. The van der Waals surface area contributed by atoms with E-state index in [0.29, 0.717) is 37.8 Å². The van der Waals surface area contributed by atoms with Gasteiger partial charge in [-0.15, -0.1) is 0 Å². The zero-order valence-corrected chi connectivity index (χ0v) is 12.2. The van der Waals surface area contributed by atoms with Crippen LogP contribution in [0.2, 0.25) is 0 Å². The number of nitrogens with two attached hydrogens (primary N) is 1. The zero-order valence-electron chi connectivity index (χ0n) is 12.2. The molecule has 0 aliphatic carbocycles. The van der Waals surface area contributed by atoms with E-state index in [4.69, 9.17) is 10.5 Å². The molecule has 0 saturated carbocycles. The number of rotatable bonds is 1.